The zero-order valence-corrected chi connectivity index (χ0v) is 11.6. The lowest BCUT2D eigenvalue weighted by Gasteiger charge is -2.35. The molecule has 0 saturated carbocycles. The highest BCUT2D eigenvalue weighted by Gasteiger charge is 2.22. The minimum Gasteiger partial charge on any atom is -0.480 e. The van der Waals surface area contributed by atoms with Gasteiger partial charge in [0.1, 0.15) is 5.38 Å². The molecule has 1 saturated heterocycles. The fourth-order valence-corrected chi connectivity index (χ4v) is 2.47. The molecule has 0 aliphatic carbocycles. The molecule has 1 aromatic carbocycles. The van der Waals surface area contributed by atoms with E-state index in [0.717, 1.165) is 32.7 Å². The Kier molecular flexibility index (Phi) is 5.19. The highest BCUT2D eigenvalue weighted by Crippen LogP contribution is 2.10. The highest BCUT2D eigenvalue weighted by molar-refractivity contribution is 6.29. The predicted molar refractivity (Wildman–Crippen MR) is 75.4 cm³/mol. The zero-order valence-electron chi connectivity index (χ0n) is 10.8. The molecule has 1 unspecified atom stereocenters. The summed E-state index contributed by atoms with van der Waals surface area (Å²) >= 11 is 5.76. The maximum Gasteiger partial charge on any atom is 0.322 e. The molecular weight excluding hydrogens is 264 g/mol. The van der Waals surface area contributed by atoms with Crippen molar-refractivity contribution in [2.45, 2.75) is 11.9 Å². The molecule has 1 N–H and O–H groups in total. The number of hydrogen-bond donors (Lipinski definition) is 1. The number of alkyl halides is 1. The van der Waals surface area contributed by atoms with Gasteiger partial charge in [-0.1, -0.05) is 30.3 Å². The number of carbonyl (C=O) groups is 1. The minimum atomic E-state index is -0.937. The summed E-state index contributed by atoms with van der Waals surface area (Å²) in [6.45, 7) is 5.05. The van der Waals surface area contributed by atoms with E-state index in [-0.39, 0.29) is 0 Å². The molecule has 1 fully saturated rings. The summed E-state index contributed by atoms with van der Waals surface area (Å²) in [5, 5.41) is 7.99. The van der Waals surface area contributed by atoms with Crippen LogP contribution in [0.4, 0.5) is 0 Å². The van der Waals surface area contributed by atoms with Gasteiger partial charge in [0, 0.05) is 39.3 Å². The van der Waals surface area contributed by atoms with Gasteiger partial charge in [0.05, 0.1) is 0 Å². The number of rotatable bonds is 5. The molecular formula is C14H19ClN2O2. The van der Waals surface area contributed by atoms with Crippen molar-refractivity contribution in [1.82, 2.24) is 9.80 Å². The first kappa shape index (κ1) is 14.3. The van der Waals surface area contributed by atoms with Gasteiger partial charge in [0.15, 0.2) is 0 Å². The zero-order chi connectivity index (χ0) is 13.7. The van der Waals surface area contributed by atoms with Gasteiger partial charge in [-0.15, -0.1) is 11.6 Å². The lowest BCUT2D eigenvalue weighted by molar-refractivity contribution is -0.137. The van der Waals surface area contributed by atoms with Crippen molar-refractivity contribution < 1.29 is 9.90 Å². The van der Waals surface area contributed by atoms with Crippen molar-refractivity contribution in [3.63, 3.8) is 0 Å². The summed E-state index contributed by atoms with van der Waals surface area (Å²) in [5.41, 5.74) is 1.32. The fraction of sp³-hybridized carbons (Fsp3) is 0.500. The second-order valence-electron chi connectivity index (χ2n) is 4.87. The smallest absolute Gasteiger partial charge is 0.322 e. The molecule has 0 radical (unpaired) electrons. The lowest BCUT2D eigenvalue weighted by atomic mass is 10.2. The topological polar surface area (TPSA) is 43.8 Å². The van der Waals surface area contributed by atoms with Crippen LogP contribution in [0.5, 0.6) is 0 Å². The van der Waals surface area contributed by atoms with Crippen LogP contribution >= 0.6 is 11.6 Å². The summed E-state index contributed by atoms with van der Waals surface area (Å²) in [7, 11) is 0. The second kappa shape index (κ2) is 6.89. The Morgan fingerprint density at radius 1 is 1.16 bits per heavy atom. The number of nitrogens with zero attached hydrogens (tertiary/aromatic N) is 2. The van der Waals surface area contributed by atoms with Gasteiger partial charge < -0.3 is 5.11 Å². The molecule has 104 valence electrons. The van der Waals surface area contributed by atoms with Gasteiger partial charge in [-0.2, -0.15) is 0 Å². The molecule has 1 aliphatic heterocycles. The van der Waals surface area contributed by atoms with E-state index in [2.05, 4.69) is 34.1 Å². The van der Waals surface area contributed by atoms with Crippen molar-refractivity contribution in [3.8, 4) is 0 Å². The average molecular weight is 283 g/mol. The van der Waals surface area contributed by atoms with E-state index in [9.17, 15) is 4.79 Å². The number of aliphatic carboxylic acids is 1. The average Bonchev–Trinajstić information content (AvgIpc) is 2.42. The van der Waals surface area contributed by atoms with E-state index >= 15 is 0 Å². The Balaban J connectivity index is 1.75. The normalized spacial score (nSPS) is 19.2. The minimum absolute atomic E-state index is 0.427. The number of halogens is 1. The summed E-state index contributed by atoms with van der Waals surface area (Å²) in [6, 6.07) is 10.4. The number of piperazine rings is 1. The maximum absolute atomic E-state index is 10.7. The fourth-order valence-electron chi connectivity index (χ4n) is 2.28. The quantitative estimate of drug-likeness (QED) is 0.831. The van der Waals surface area contributed by atoms with Crippen LogP contribution in [0.1, 0.15) is 5.56 Å². The standard InChI is InChI=1S/C14H19ClN2O2/c15-13(14(18)19)11-17-8-6-16(7-9-17)10-12-4-2-1-3-5-12/h1-5,13H,6-11H2,(H,18,19). The third kappa shape index (κ3) is 4.49. The van der Waals surface area contributed by atoms with Crippen molar-refractivity contribution >= 4 is 17.6 Å². The Hall–Kier alpha value is -1.10. The van der Waals surface area contributed by atoms with E-state index in [1.54, 1.807) is 0 Å². The van der Waals surface area contributed by atoms with Gasteiger partial charge in [-0.3, -0.25) is 14.6 Å². The van der Waals surface area contributed by atoms with Gasteiger partial charge in [0.2, 0.25) is 0 Å². The summed E-state index contributed by atoms with van der Waals surface area (Å²) in [5.74, 6) is -0.937. The largest absolute Gasteiger partial charge is 0.480 e. The molecule has 1 heterocycles. The van der Waals surface area contributed by atoms with Gasteiger partial charge in [0.25, 0.3) is 0 Å². The molecule has 1 aliphatic rings. The van der Waals surface area contributed by atoms with E-state index in [1.807, 2.05) is 6.07 Å². The monoisotopic (exact) mass is 282 g/mol. The Morgan fingerprint density at radius 2 is 1.74 bits per heavy atom. The predicted octanol–water partition coefficient (Wildman–Crippen LogP) is 1.50. The SMILES string of the molecule is O=C(O)C(Cl)CN1CCN(Cc2ccccc2)CC1. The van der Waals surface area contributed by atoms with Crippen molar-refractivity contribution in [2.24, 2.45) is 0 Å². The van der Waals surface area contributed by atoms with E-state index in [1.165, 1.54) is 5.56 Å². The number of hydrogen-bond acceptors (Lipinski definition) is 3. The first-order chi connectivity index (χ1) is 9.15. The maximum atomic E-state index is 10.7. The van der Waals surface area contributed by atoms with Crippen molar-refractivity contribution in [2.75, 3.05) is 32.7 Å². The van der Waals surface area contributed by atoms with E-state index < -0.39 is 11.3 Å². The van der Waals surface area contributed by atoms with Crippen LogP contribution < -0.4 is 0 Å². The van der Waals surface area contributed by atoms with Crippen LogP contribution in [0.25, 0.3) is 0 Å². The van der Waals surface area contributed by atoms with Crippen molar-refractivity contribution in [3.05, 3.63) is 35.9 Å². The Labute approximate surface area is 118 Å². The second-order valence-corrected chi connectivity index (χ2v) is 5.39. The third-order valence-electron chi connectivity index (χ3n) is 3.40. The van der Waals surface area contributed by atoms with E-state index in [4.69, 9.17) is 16.7 Å². The highest BCUT2D eigenvalue weighted by atomic mass is 35.5. The first-order valence-corrected chi connectivity index (χ1v) is 6.94. The van der Waals surface area contributed by atoms with E-state index in [0.29, 0.717) is 6.54 Å². The van der Waals surface area contributed by atoms with Crippen LogP contribution in [0.2, 0.25) is 0 Å². The van der Waals surface area contributed by atoms with Gasteiger partial charge in [-0.05, 0) is 5.56 Å². The van der Waals surface area contributed by atoms with Gasteiger partial charge in [-0.25, -0.2) is 0 Å². The molecule has 0 spiro atoms. The number of carboxylic acid groups (broad SMARTS) is 1. The molecule has 0 amide bonds. The van der Waals surface area contributed by atoms with Crippen LogP contribution in [0, 0.1) is 0 Å². The van der Waals surface area contributed by atoms with Crippen LogP contribution in [-0.4, -0.2) is 59.0 Å². The molecule has 2 rings (SSSR count). The molecule has 4 nitrogen and oxygen atoms in total. The molecule has 0 bridgehead atoms. The van der Waals surface area contributed by atoms with Gasteiger partial charge >= 0.3 is 5.97 Å². The molecule has 5 heteroatoms. The van der Waals surface area contributed by atoms with Crippen LogP contribution in [0.3, 0.4) is 0 Å². The number of carboxylic acids is 1. The Bertz CT molecular complexity index is 405. The molecule has 1 atom stereocenters. The Morgan fingerprint density at radius 3 is 2.32 bits per heavy atom. The summed E-state index contributed by atoms with van der Waals surface area (Å²) < 4.78 is 0. The summed E-state index contributed by atoms with van der Waals surface area (Å²) in [6.07, 6.45) is 0. The summed E-state index contributed by atoms with van der Waals surface area (Å²) in [4.78, 5) is 15.2. The van der Waals surface area contributed by atoms with Crippen LogP contribution in [0.15, 0.2) is 30.3 Å². The molecule has 0 aromatic heterocycles. The third-order valence-corrected chi connectivity index (χ3v) is 3.73. The van der Waals surface area contributed by atoms with Crippen LogP contribution in [-0.2, 0) is 11.3 Å². The van der Waals surface area contributed by atoms with Crippen molar-refractivity contribution in [1.29, 1.82) is 0 Å². The first-order valence-electron chi connectivity index (χ1n) is 6.50. The molecule has 1 aromatic rings. The molecule has 19 heavy (non-hydrogen) atoms. The number of benzene rings is 1. The lowest BCUT2D eigenvalue weighted by Crippen LogP contribution is -2.48.